The van der Waals surface area contributed by atoms with Crippen LogP contribution in [0.3, 0.4) is 0 Å². The minimum Gasteiger partial charge on any atom is -0.466 e. The van der Waals surface area contributed by atoms with Crippen LogP contribution in [0.15, 0.2) is 42.0 Å². The quantitative estimate of drug-likeness (QED) is 0.786. The number of carbonyl (C=O) groups is 1. The highest BCUT2D eigenvalue weighted by Gasteiger charge is 2.53. The van der Waals surface area contributed by atoms with Crippen LogP contribution in [0.2, 0.25) is 0 Å². The Bertz CT molecular complexity index is 666. The van der Waals surface area contributed by atoms with E-state index in [1.807, 2.05) is 13.0 Å². The molecule has 1 aromatic carbocycles. The molecule has 3 aliphatic heterocycles. The second-order valence-corrected chi connectivity index (χ2v) is 7.29. The summed E-state index contributed by atoms with van der Waals surface area (Å²) in [6, 6.07) is 10.3. The van der Waals surface area contributed by atoms with Gasteiger partial charge >= 0.3 is 5.97 Å². The van der Waals surface area contributed by atoms with Gasteiger partial charge in [-0.1, -0.05) is 36.4 Å². The van der Waals surface area contributed by atoms with Gasteiger partial charge in [0.25, 0.3) is 0 Å². The van der Waals surface area contributed by atoms with Crippen LogP contribution in [0.5, 0.6) is 0 Å². The van der Waals surface area contributed by atoms with E-state index in [0.29, 0.717) is 19.1 Å². The highest BCUT2D eigenvalue weighted by atomic mass is 16.7. The minimum atomic E-state index is -0.633. The van der Waals surface area contributed by atoms with Crippen LogP contribution in [0.4, 0.5) is 0 Å². The maximum Gasteiger partial charge on any atom is 0.335 e. The van der Waals surface area contributed by atoms with Gasteiger partial charge in [-0.25, -0.2) is 4.79 Å². The van der Waals surface area contributed by atoms with Crippen molar-refractivity contribution in [2.45, 2.75) is 31.7 Å². The Morgan fingerprint density at radius 3 is 2.68 bits per heavy atom. The maximum absolute atomic E-state index is 12.4. The van der Waals surface area contributed by atoms with E-state index in [1.165, 1.54) is 12.7 Å². The Balaban J connectivity index is 1.66. The first kappa shape index (κ1) is 16.8. The van der Waals surface area contributed by atoms with Gasteiger partial charge in [0.05, 0.1) is 25.9 Å². The maximum atomic E-state index is 12.4. The highest BCUT2D eigenvalue weighted by molar-refractivity contribution is 5.90. The Labute approximate surface area is 148 Å². The zero-order valence-corrected chi connectivity index (χ0v) is 14.8. The Morgan fingerprint density at radius 2 is 2.00 bits per heavy atom. The van der Waals surface area contributed by atoms with Gasteiger partial charge in [-0.15, -0.1) is 0 Å². The normalized spacial score (nSPS) is 31.0. The minimum absolute atomic E-state index is 0.0410. The van der Waals surface area contributed by atoms with E-state index in [9.17, 15) is 4.79 Å². The molecule has 5 nitrogen and oxygen atoms in total. The van der Waals surface area contributed by atoms with Gasteiger partial charge < -0.3 is 14.2 Å². The van der Waals surface area contributed by atoms with Crippen molar-refractivity contribution in [3.8, 4) is 0 Å². The molecule has 5 rings (SSSR count). The molecule has 1 aromatic rings. The Morgan fingerprint density at radius 1 is 1.28 bits per heavy atom. The smallest absolute Gasteiger partial charge is 0.335 e. The number of benzene rings is 1. The van der Waals surface area contributed by atoms with Crippen molar-refractivity contribution in [1.29, 1.82) is 0 Å². The number of ether oxygens (including phenoxy) is 3. The van der Waals surface area contributed by atoms with Crippen molar-refractivity contribution >= 4 is 5.97 Å². The van der Waals surface area contributed by atoms with Crippen LogP contribution in [-0.4, -0.2) is 49.6 Å². The average molecular weight is 343 g/mol. The molecule has 25 heavy (non-hydrogen) atoms. The fraction of sp³-hybridized carbons (Fsp3) is 0.550. The van der Waals surface area contributed by atoms with Gasteiger partial charge in [-0.3, -0.25) is 4.90 Å². The van der Waals surface area contributed by atoms with Gasteiger partial charge in [0, 0.05) is 25.0 Å². The molecule has 0 spiro atoms. The Kier molecular flexibility index (Phi) is 4.40. The molecule has 4 aliphatic rings. The molecule has 2 fully saturated rings. The molecule has 0 saturated carbocycles. The lowest BCUT2D eigenvalue weighted by molar-refractivity contribution is -0.208. The molecule has 3 heterocycles. The van der Waals surface area contributed by atoms with Crippen molar-refractivity contribution in [2.75, 3.05) is 26.9 Å². The summed E-state index contributed by atoms with van der Waals surface area (Å²) in [5.41, 5.74) is 2.00. The van der Waals surface area contributed by atoms with Crippen LogP contribution >= 0.6 is 0 Å². The molecule has 3 atom stereocenters. The summed E-state index contributed by atoms with van der Waals surface area (Å²) in [6.45, 7) is 5.00. The summed E-state index contributed by atoms with van der Waals surface area (Å²) in [7, 11) is 1.45. The van der Waals surface area contributed by atoms with E-state index in [2.05, 4.69) is 35.2 Å². The first-order chi connectivity index (χ1) is 12.1. The predicted octanol–water partition coefficient (Wildman–Crippen LogP) is 2.37. The number of nitrogens with zero attached hydrogens (tertiary/aromatic N) is 1. The molecule has 134 valence electrons. The monoisotopic (exact) mass is 343 g/mol. The third-order valence-electron chi connectivity index (χ3n) is 5.72. The molecule has 0 unspecified atom stereocenters. The summed E-state index contributed by atoms with van der Waals surface area (Å²) in [5.74, 6) is -0.431. The van der Waals surface area contributed by atoms with Crippen LogP contribution in [-0.2, 0) is 25.5 Å². The van der Waals surface area contributed by atoms with E-state index < -0.39 is 5.79 Å². The number of piperidine rings is 1. The van der Waals surface area contributed by atoms with Crippen molar-refractivity contribution < 1.29 is 19.0 Å². The van der Waals surface area contributed by atoms with Crippen molar-refractivity contribution in [3.05, 3.63) is 47.5 Å². The number of hydrogen-bond acceptors (Lipinski definition) is 5. The number of rotatable bonds is 4. The van der Waals surface area contributed by atoms with Crippen LogP contribution < -0.4 is 0 Å². The summed E-state index contributed by atoms with van der Waals surface area (Å²) in [4.78, 5) is 14.8. The number of esters is 1. The van der Waals surface area contributed by atoms with E-state index >= 15 is 0 Å². The van der Waals surface area contributed by atoms with Gasteiger partial charge in [0.2, 0.25) is 0 Å². The van der Waals surface area contributed by atoms with E-state index in [1.54, 1.807) is 0 Å². The lowest BCUT2D eigenvalue weighted by Crippen LogP contribution is -2.60. The number of carbonyl (C=O) groups excluding carboxylic acids is 1. The fourth-order valence-electron chi connectivity index (χ4n) is 4.62. The Hall–Kier alpha value is -1.69. The molecule has 2 bridgehead atoms. The molecule has 0 amide bonds. The number of hydrogen-bond donors (Lipinski definition) is 0. The zero-order valence-electron chi connectivity index (χ0n) is 14.8. The van der Waals surface area contributed by atoms with Crippen molar-refractivity contribution in [2.24, 2.45) is 11.8 Å². The highest BCUT2D eigenvalue weighted by Crippen LogP contribution is 2.46. The molecular formula is C20H25NO4. The van der Waals surface area contributed by atoms with Crippen molar-refractivity contribution in [1.82, 2.24) is 4.90 Å². The first-order valence-electron chi connectivity index (χ1n) is 8.96. The molecule has 0 aromatic heterocycles. The number of methoxy groups -OCH3 is 1. The fourth-order valence-corrected chi connectivity index (χ4v) is 4.62. The first-order valence-corrected chi connectivity index (χ1v) is 8.96. The predicted molar refractivity (Wildman–Crippen MR) is 92.6 cm³/mol. The summed E-state index contributed by atoms with van der Waals surface area (Å²) >= 11 is 0. The molecule has 1 aliphatic carbocycles. The molecule has 5 heteroatoms. The van der Waals surface area contributed by atoms with Crippen LogP contribution in [0.25, 0.3) is 0 Å². The average Bonchev–Trinajstić information content (AvgIpc) is 3.09. The topological polar surface area (TPSA) is 48.0 Å². The summed E-state index contributed by atoms with van der Waals surface area (Å²) in [6.07, 6.45) is 3.08. The van der Waals surface area contributed by atoms with Gasteiger partial charge in [0.15, 0.2) is 5.79 Å². The van der Waals surface area contributed by atoms with Crippen LogP contribution in [0, 0.1) is 11.8 Å². The SMILES string of the molecule is COC(=O)C1=C[C@H]2C[C@H](C3(C)OCCO3)[C@@H]1N(Cc1ccccc1)C2. The van der Waals surface area contributed by atoms with Gasteiger partial charge in [0.1, 0.15) is 0 Å². The largest absolute Gasteiger partial charge is 0.466 e. The third-order valence-corrected chi connectivity index (χ3v) is 5.72. The zero-order chi connectivity index (χ0) is 17.4. The summed E-state index contributed by atoms with van der Waals surface area (Å²) in [5, 5.41) is 0. The molecular weight excluding hydrogens is 318 g/mol. The lowest BCUT2D eigenvalue weighted by Gasteiger charge is -2.52. The summed E-state index contributed by atoms with van der Waals surface area (Å²) < 4.78 is 17.0. The van der Waals surface area contributed by atoms with E-state index in [0.717, 1.165) is 25.1 Å². The number of fused-ring (bicyclic) bond motifs is 2. The standard InChI is InChI=1S/C20H25NO4/c1-20(24-8-9-25-20)17-11-15-10-16(19(22)23-2)18(17)21(13-15)12-14-6-4-3-5-7-14/h3-7,10,15,17-18H,8-9,11-13H2,1-2H3/t15-,17-,18+/m0/s1. The van der Waals surface area contributed by atoms with Gasteiger partial charge in [-0.05, 0) is 24.8 Å². The van der Waals surface area contributed by atoms with E-state index in [-0.39, 0.29) is 17.9 Å². The molecule has 0 radical (unpaired) electrons. The second-order valence-electron chi connectivity index (χ2n) is 7.29. The second kappa shape index (κ2) is 6.56. The molecule has 0 N–H and O–H groups in total. The van der Waals surface area contributed by atoms with Crippen LogP contribution in [0.1, 0.15) is 18.9 Å². The van der Waals surface area contributed by atoms with Crippen molar-refractivity contribution in [3.63, 3.8) is 0 Å². The third kappa shape index (κ3) is 3.01. The van der Waals surface area contributed by atoms with E-state index in [4.69, 9.17) is 14.2 Å². The van der Waals surface area contributed by atoms with Gasteiger partial charge in [-0.2, -0.15) is 0 Å². The molecule has 2 saturated heterocycles. The lowest BCUT2D eigenvalue weighted by atomic mass is 9.70.